The largest absolute Gasteiger partial charge is 0.343 e. The van der Waals surface area contributed by atoms with Crippen LogP contribution in [0, 0.1) is 5.92 Å². The minimum absolute atomic E-state index is 0. The number of hydrogen-bond acceptors (Lipinski definition) is 3. The first-order chi connectivity index (χ1) is 10.2. The Labute approximate surface area is 153 Å². The third-order valence-electron chi connectivity index (χ3n) is 5.93. The molecule has 2 saturated heterocycles. The molecule has 0 radical (unpaired) electrons. The molecule has 2 heterocycles. The van der Waals surface area contributed by atoms with Crippen LogP contribution >= 0.6 is 24.8 Å². The van der Waals surface area contributed by atoms with Gasteiger partial charge in [0.2, 0.25) is 5.91 Å². The average molecular weight is 366 g/mol. The maximum Gasteiger partial charge on any atom is 0.239 e. The first-order valence-corrected chi connectivity index (χ1v) is 8.94. The van der Waals surface area contributed by atoms with E-state index in [0.29, 0.717) is 18.0 Å². The van der Waals surface area contributed by atoms with Gasteiger partial charge in [-0.2, -0.15) is 0 Å². The van der Waals surface area contributed by atoms with Crippen LogP contribution in [-0.4, -0.2) is 60.5 Å². The number of carbonyl (C=O) groups is 1. The fraction of sp³-hybridized carbons (Fsp3) is 0.941. The average Bonchev–Trinajstić information content (AvgIpc) is 3.11. The normalized spacial score (nSPS) is 33.5. The van der Waals surface area contributed by atoms with E-state index in [9.17, 15) is 4.79 Å². The molecule has 4 nitrogen and oxygen atoms in total. The molecule has 3 rings (SSSR count). The first kappa shape index (κ1) is 21.0. The van der Waals surface area contributed by atoms with Gasteiger partial charge in [-0.25, -0.2) is 0 Å². The number of nitrogens with one attached hydrogen (secondary N) is 1. The van der Waals surface area contributed by atoms with Crippen LogP contribution in [0.15, 0.2) is 0 Å². The highest BCUT2D eigenvalue weighted by Crippen LogP contribution is 2.33. The van der Waals surface area contributed by atoms with Crippen molar-refractivity contribution in [3.63, 3.8) is 0 Å². The Kier molecular flexibility index (Phi) is 8.64. The zero-order valence-corrected chi connectivity index (χ0v) is 16.1. The third kappa shape index (κ3) is 4.75. The summed E-state index contributed by atoms with van der Waals surface area (Å²) in [6.45, 7) is 5.44. The highest BCUT2D eigenvalue weighted by Gasteiger charge is 2.39. The number of amides is 1. The van der Waals surface area contributed by atoms with Crippen molar-refractivity contribution in [1.82, 2.24) is 15.1 Å². The highest BCUT2D eigenvalue weighted by molar-refractivity contribution is 5.85. The number of nitrogens with zero attached hydrogens (tertiary/aromatic N) is 2. The molecule has 23 heavy (non-hydrogen) atoms. The number of carbonyl (C=O) groups excluding carboxylic acids is 1. The molecule has 136 valence electrons. The summed E-state index contributed by atoms with van der Waals surface area (Å²) in [5, 5.41) is 3.62. The molecule has 0 aromatic rings. The zero-order chi connectivity index (χ0) is 14.8. The van der Waals surface area contributed by atoms with E-state index in [1.54, 1.807) is 0 Å². The van der Waals surface area contributed by atoms with Crippen LogP contribution in [-0.2, 0) is 4.79 Å². The van der Waals surface area contributed by atoms with Crippen molar-refractivity contribution in [2.24, 2.45) is 5.92 Å². The first-order valence-electron chi connectivity index (χ1n) is 8.94. The van der Waals surface area contributed by atoms with Gasteiger partial charge in [-0.15, -0.1) is 24.8 Å². The van der Waals surface area contributed by atoms with E-state index in [1.807, 2.05) is 11.9 Å². The summed E-state index contributed by atoms with van der Waals surface area (Å²) in [6, 6.07) is 1.27. The Hall–Kier alpha value is -0.0300. The van der Waals surface area contributed by atoms with Crippen molar-refractivity contribution < 1.29 is 4.79 Å². The monoisotopic (exact) mass is 365 g/mol. The van der Waals surface area contributed by atoms with Crippen molar-refractivity contribution in [2.45, 2.75) is 70.0 Å². The Balaban J connectivity index is 0.00000132. The molecule has 1 aliphatic carbocycles. The van der Waals surface area contributed by atoms with Gasteiger partial charge < -0.3 is 10.2 Å². The molecule has 4 unspecified atom stereocenters. The number of likely N-dealkylation sites (tertiary alicyclic amines) is 1. The molecule has 1 saturated carbocycles. The van der Waals surface area contributed by atoms with Crippen LogP contribution in [0.3, 0.4) is 0 Å². The van der Waals surface area contributed by atoms with Crippen LogP contribution in [0.5, 0.6) is 0 Å². The summed E-state index contributed by atoms with van der Waals surface area (Å²) < 4.78 is 0. The van der Waals surface area contributed by atoms with Crippen molar-refractivity contribution in [3.05, 3.63) is 0 Å². The van der Waals surface area contributed by atoms with Gasteiger partial charge in [-0.1, -0.05) is 19.8 Å². The maximum atomic E-state index is 12.7. The molecule has 6 heteroatoms. The van der Waals surface area contributed by atoms with Gasteiger partial charge in [0.15, 0.2) is 0 Å². The molecular formula is C17H33Cl2N3O. The summed E-state index contributed by atoms with van der Waals surface area (Å²) in [5.74, 6) is 1.08. The van der Waals surface area contributed by atoms with Crippen LogP contribution in [0.1, 0.15) is 51.9 Å². The molecule has 0 spiro atoms. The smallest absolute Gasteiger partial charge is 0.239 e. The summed E-state index contributed by atoms with van der Waals surface area (Å²) in [4.78, 5) is 17.2. The topological polar surface area (TPSA) is 35.6 Å². The number of rotatable bonds is 4. The lowest BCUT2D eigenvalue weighted by atomic mass is 9.85. The van der Waals surface area contributed by atoms with Gasteiger partial charge in [0, 0.05) is 25.7 Å². The number of fused-ring (bicyclic) bond motifs is 1. The molecule has 0 bridgehead atoms. The van der Waals surface area contributed by atoms with Crippen LogP contribution in [0.2, 0.25) is 0 Å². The fourth-order valence-electron chi connectivity index (χ4n) is 4.70. The van der Waals surface area contributed by atoms with E-state index >= 15 is 0 Å². The van der Waals surface area contributed by atoms with E-state index in [1.165, 1.54) is 45.1 Å². The number of likely N-dealkylation sites (N-methyl/N-ethyl adjacent to an activating group) is 2. The predicted octanol–water partition coefficient (Wildman–Crippen LogP) is 2.69. The second-order valence-electron chi connectivity index (χ2n) is 7.25. The van der Waals surface area contributed by atoms with Gasteiger partial charge in [-0.05, 0) is 51.1 Å². The predicted molar refractivity (Wildman–Crippen MR) is 99.7 cm³/mol. The Morgan fingerprint density at radius 2 is 1.91 bits per heavy atom. The zero-order valence-electron chi connectivity index (χ0n) is 14.5. The minimum Gasteiger partial charge on any atom is -0.343 e. The molecule has 2 aliphatic heterocycles. The summed E-state index contributed by atoms with van der Waals surface area (Å²) >= 11 is 0. The van der Waals surface area contributed by atoms with Crippen LogP contribution < -0.4 is 5.32 Å². The highest BCUT2D eigenvalue weighted by atomic mass is 35.5. The van der Waals surface area contributed by atoms with Crippen molar-refractivity contribution in [2.75, 3.05) is 26.7 Å². The maximum absolute atomic E-state index is 12.7. The standard InChI is InChI=1S/C17H31N3O.2ClH/c1-3-20-10-6-8-14(20)12-19(2)17(21)16-11-13-7-4-5-9-15(13)18-16;;/h13-16,18H,3-12H2,1-2H3;2*1H. The summed E-state index contributed by atoms with van der Waals surface area (Å²) in [6.07, 6.45) is 8.87. The van der Waals surface area contributed by atoms with Crippen LogP contribution in [0.25, 0.3) is 0 Å². The Morgan fingerprint density at radius 1 is 1.17 bits per heavy atom. The molecule has 0 aromatic carbocycles. The SMILES string of the molecule is CCN1CCCC1CN(C)C(=O)C1CC2CCCCC2N1.Cl.Cl. The van der Waals surface area contributed by atoms with E-state index < -0.39 is 0 Å². The fourth-order valence-corrected chi connectivity index (χ4v) is 4.70. The summed E-state index contributed by atoms with van der Waals surface area (Å²) in [5.41, 5.74) is 0. The third-order valence-corrected chi connectivity index (χ3v) is 5.93. The molecule has 0 aromatic heterocycles. The molecule has 1 N–H and O–H groups in total. The van der Waals surface area contributed by atoms with Gasteiger partial charge >= 0.3 is 0 Å². The molecule has 3 fully saturated rings. The second-order valence-corrected chi connectivity index (χ2v) is 7.25. The van der Waals surface area contributed by atoms with Gasteiger partial charge in [0.25, 0.3) is 0 Å². The van der Waals surface area contributed by atoms with E-state index in [2.05, 4.69) is 17.1 Å². The van der Waals surface area contributed by atoms with E-state index in [0.717, 1.165) is 25.4 Å². The van der Waals surface area contributed by atoms with Crippen molar-refractivity contribution in [1.29, 1.82) is 0 Å². The lowest BCUT2D eigenvalue weighted by Gasteiger charge is -2.29. The quantitative estimate of drug-likeness (QED) is 0.831. The van der Waals surface area contributed by atoms with Crippen molar-refractivity contribution in [3.8, 4) is 0 Å². The van der Waals surface area contributed by atoms with E-state index in [-0.39, 0.29) is 30.9 Å². The lowest BCUT2D eigenvalue weighted by molar-refractivity contribution is -0.132. The molecule has 1 amide bonds. The van der Waals surface area contributed by atoms with Gasteiger partial charge in [0.05, 0.1) is 6.04 Å². The van der Waals surface area contributed by atoms with Gasteiger partial charge in [0.1, 0.15) is 0 Å². The number of hydrogen-bond donors (Lipinski definition) is 1. The molecule has 4 atom stereocenters. The summed E-state index contributed by atoms with van der Waals surface area (Å²) in [7, 11) is 2.00. The number of halogens is 2. The van der Waals surface area contributed by atoms with E-state index in [4.69, 9.17) is 0 Å². The van der Waals surface area contributed by atoms with Gasteiger partial charge in [-0.3, -0.25) is 9.69 Å². The van der Waals surface area contributed by atoms with Crippen molar-refractivity contribution >= 4 is 30.7 Å². The Morgan fingerprint density at radius 3 is 2.61 bits per heavy atom. The molecular weight excluding hydrogens is 333 g/mol. The minimum atomic E-state index is 0. The Bertz CT molecular complexity index is 369. The second kappa shape index (κ2) is 9.45. The van der Waals surface area contributed by atoms with Crippen LogP contribution in [0.4, 0.5) is 0 Å². The lowest BCUT2D eigenvalue weighted by Crippen LogP contribution is -2.48. The molecule has 3 aliphatic rings.